The second-order valence-corrected chi connectivity index (χ2v) is 6.86. The van der Waals surface area contributed by atoms with E-state index in [1.54, 1.807) is 5.57 Å². The number of hydrogen-bond donors (Lipinski definition) is 1. The summed E-state index contributed by atoms with van der Waals surface area (Å²) in [6, 6.07) is 0.667. The molecule has 0 spiro atoms. The van der Waals surface area contributed by atoms with Crippen LogP contribution in [0, 0.1) is 11.8 Å². The lowest BCUT2D eigenvalue weighted by Gasteiger charge is -2.41. The molecule has 1 aliphatic heterocycles. The van der Waals surface area contributed by atoms with Crippen molar-refractivity contribution in [1.29, 1.82) is 0 Å². The van der Waals surface area contributed by atoms with E-state index in [0.717, 1.165) is 19.0 Å². The van der Waals surface area contributed by atoms with Crippen LogP contribution in [0.25, 0.3) is 0 Å². The molecule has 3 heteroatoms. The molecule has 3 nitrogen and oxygen atoms in total. The molecule has 0 aromatic rings. The van der Waals surface area contributed by atoms with Crippen LogP contribution in [0.2, 0.25) is 0 Å². The van der Waals surface area contributed by atoms with Crippen LogP contribution in [0.1, 0.15) is 39.5 Å². The van der Waals surface area contributed by atoms with Gasteiger partial charge in [-0.05, 0) is 64.6 Å². The first-order chi connectivity index (χ1) is 9.61. The lowest BCUT2D eigenvalue weighted by Crippen LogP contribution is -2.47. The summed E-state index contributed by atoms with van der Waals surface area (Å²) in [5.41, 5.74) is 1.57. The molecule has 20 heavy (non-hydrogen) atoms. The molecule has 0 bridgehead atoms. The molecule has 1 heterocycles. The summed E-state index contributed by atoms with van der Waals surface area (Å²) >= 11 is 0. The summed E-state index contributed by atoms with van der Waals surface area (Å²) in [7, 11) is 2.21. The molecule has 0 unspecified atom stereocenters. The Morgan fingerprint density at radius 3 is 2.60 bits per heavy atom. The van der Waals surface area contributed by atoms with Crippen LogP contribution in [0.15, 0.2) is 11.6 Å². The van der Waals surface area contributed by atoms with E-state index in [0.29, 0.717) is 12.0 Å². The first-order valence-electron chi connectivity index (χ1n) is 8.32. The molecular formula is C17H32N2O. The number of aliphatic hydroxyl groups excluding tert-OH is 1. The summed E-state index contributed by atoms with van der Waals surface area (Å²) in [6.07, 6.45) is 7.50. The first-order valence-corrected chi connectivity index (χ1v) is 8.32. The third-order valence-corrected chi connectivity index (χ3v) is 5.38. The Morgan fingerprint density at radius 1 is 1.30 bits per heavy atom. The van der Waals surface area contributed by atoms with Crippen LogP contribution in [-0.4, -0.2) is 60.8 Å². The van der Waals surface area contributed by atoms with Gasteiger partial charge < -0.3 is 10.0 Å². The van der Waals surface area contributed by atoms with Gasteiger partial charge in [0.15, 0.2) is 0 Å². The van der Waals surface area contributed by atoms with Crippen molar-refractivity contribution in [2.45, 2.75) is 45.6 Å². The van der Waals surface area contributed by atoms with Crippen molar-refractivity contribution in [2.24, 2.45) is 11.8 Å². The molecule has 0 radical (unpaired) electrons. The van der Waals surface area contributed by atoms with Gasteiger partial charge in [-0.25, -0.2) is 0 Å². The van der Waals surface area contributed by atoms with Gasteiger partial charge in [-0.2, -0.15) is 0 Å². The zero-order valence-corrected chi connectivity index (χ0v) is 13.5. The van der Waals surface area contributed by atoms with E-state index in [1.807, 2.05) is 0 Å². The molecule has 0 aromatic heterocycles. The van der Waals surface area contributed by atoms with Crippen molar-refractivity contribution >= 4 is 0 Å². The van der Waals surface area contributed by atoms with Gasteiger partial charge in [-0.15, -0.1) is 0 Å². The quantitative estimate of drug-likeness (QED) is 0.783. The Kier molecular flexibility index (Phi) is 6.06. The molecule has 1 fully saturated rings. The Bertz CT molecular complexity index is 321. The van der Waals surface area contributed by atoms with Crippen molar-refractivity contribution in [3.63, 3.8) is 0 Å². The zero-order chi connectivity index (χ0) is 14.5. The van der Waals surface area contributed by atoms with E-state index >= 15 is 0 Å². The maximum Gasteiger partial charge on any atom is 0.0558 e. The maximum atomic E-state index is 9.41. The topological polar surface area (TPSA) is 26.7 Å². The molecule has 2 rings (SSSR count). The number of nitrogens with zero attached hydrogens (tertiary/aromatic N) is 2. The molecule has 0 aromatic carbocycles. The summed E-state index contributed by atoms with van der Waals surface area (Å²) < 4.78 is 0. The van der Waals surface area contributed by atoms with E-state index in [9.17, 15) is 5.11 Å². The van der Waals surface area contributed by atoms with Crippen LogP contribution in [0.4, 0.5) is 0 Å². The Morgan fingerprint density at radius 2 is 2.00 bits per heavy atom. The van der Waals surface area contributed by atoms with E-state index in [2.05, 4.69) is 36.8 Å². The van der Waals surface area contributed by atoms with Crippen LogP contribution in [0.5, 0.6) is 0 Å². The number of likely N-dealkylation sites (tertiary alicyclic amines) is 1. The fourth-order valence-corrected chi connectivity index (χ4v) is 3.86. The number of piperidine rings is 1. The van der Waals surface area contributed by atoms with Crippen LogP contribution >= 0.6 is 0 Å². The van der Waals surface area contributed by atoms with Crippen molar-refractivity contribution in [2.75, 3.05) is 39.8 Å². The monoisotopic (exact) mass is 280 g/mol. The van der Waals surface area contributed by atoms with E-state index < -0.39 is 0 Å². The molecule has 0 amide bonds. The molecule has 1 aliphatic carbocycles. The SMILES string of the molecule is CC1=CCC[C@H](C)[C@@H]1CN(CCO)C1CCN(C)CC1. The molecule has 2 aliphatic rings. The predicted molar refractivity (Wildman–Crippen MR) is 84.8 cm³/mol. The van der Waals surface area contributed by atoms with Crippen LogP contribution in [0.3, 0.4) is 0 Å². The zero-order valence-electron chi connectivity index (χ0n) is 13.5. The van der Waals surface area contributed by atoms with Gasteiger partial charge in [0.1, 0.15) is 0 Å². The normalized spacial score (nSPS) is 29.8. The van der Waals surface area contributed by atoms with Gasteiger partial charge >= 0.3 is 0 Å². The van der Waals surface area contributed by atoms with Gasteiger partial charge in [0.05, 0.1) is 6.61 Å². The highest BCUT2D eigenvalue weighted by Gasteiger charge is 2.29. The molecule has 116 valence electrons. The lowest BCUT2D eigenvalue weighted by molar-refractivity contribution is 0.0809. The van der Waals surface area contributed by atoms with E-state index in [4.69, 9.17) is 0 Å². The third-order valence-electron chi connectivity index (χ3n) is 5.38. The van der Waals surface area contributed by atoms with Gasteiger partial charge in [0.25, 0.3) is 0 Å². The second kappa shape index (κ2) is 7.58. The summed E-state index contributed by atoms with van der Waals surface area (Å²) in [4.78, 5) is 4.98. The predicted octanol–water partition coefficient (Wildman–Crippen LogP) is 2.37. The van der Waals surface area contributed by atoms with Crippen molar-refractivity contribution < 1.29 is 5.11 Å². The van der Waals surface area contributed by atoms with Crippen molar-refractivity contribution in [3.8, 4) is 0 Å². The van der Waals surface area contributed by atoms with Crippen LogP contribution < -0.4 is 0 Å². The number of aliphatic hydroxyl groups is 1. The minimum Gasteiger partial charge on any atom is -0.395 e. The molecular weight excluding hydrogens is 248 g/mol. The molecule has 1 saturated heterocycles. The smallest absolute Gasteiger partial charge is 0.0558 e. The van der Waals surface area contributed by atoms with Gasteiger partial charge in [-0.3, -0.25) is 4.90 Å². The van der Waals surface area contributed by atoms with Gasteiger partial charge in [0, 0.05) is 19.1 Å². The summed E-state index contributed by atoms with van der Waals surface area (Å²) in [5, 5.41) is 9.41. The van der Waals surface area contributed by atoms with Crippen molar-refractivity contribution in [3.05, 3.63) is 11.6 Å². The average molecular weight is 280 g/mol. The summed E-state index contributed by atoms with van der Waals surface area (Å²) in [6.45, 7) is 9.35. The summed E-state index contributed by atoms with van der Waals surface area (Å²) in [5.74, 6) is 1.47. The Balaban J connectivity index is 1.97. The molecule has 2 atom stereocenters. The van der Waals surface area contributed by atoms with Crippen molar-refractivity contribution in [1.82, 2.24) is 9.80 Å². The fraction of sp³-hybridized carbons (Fsp3) is 0.882. The standard InChI is InChI=1S/C17H32N2O/c1-14-5-4-6-15(2)17(14)13-19(11-12-20)16-7-9-18(3)10-8-16/h5,15-17,20H,4,6-13H2,1-3H3/t15-,17+/m0/s1. The average Bonchev–Trinajstić information content (AvgIpc) is 2.43. The highest BCUT2D eigenvalue weighted by atomic mass is 16.3. The largest absolute Gasteiger partial charge is 0.395 e. The number of hydrogen-bond acceptors (Lipinski definition) is 3. The Hall–Kier alpha value is -0.380. The highest BCUT2D eigenvalue weighted by Crippen LogP contribution is 2.31. The molecule has 1 N–H and O–H groups in total. The highest BCUT2D eigenvalue weighted by molar-refractivity contribution is 5.09. The van der Waals surface area contributed by atoms with Crippen LogP contribution in [-0.2, 0) is 0 Å². The second-order valence-electron chi connectivity index (χ2n) is 6.86. The first kappa shape index (κ1) is 16.0. The minimum absolute atomic E-state index is 0.288. The number of rotatable bonds is 5. The minimum atomic E-state index is 0.288. The third kappa shape index (κ3) is 4.06. The van der Waals surface area contributed by atoms with Gasteiger partial charge in [0.2, 0.25) is 0 Å². The fourth-order valence-electron chi connectivity index (χ4n) is 3.86. The maximum absolute atomic E-state index is 9.41. The van der Waals surface area contributed by atoms with E-state index in [1.165, 1.54) is 38.8 Å². The Labute approximate surface area is 124 Å². The van der Waals surface area contributed by atoms with Gasteiger partial charge in [-0.1, -0.05) is 18.6 Å². The number of allylic oxidation sites excluding steroid dienone is 1. The lowest BCUT2D eigenvalue weighted by atomic mass is 9.79. The molecule has 0 saturated carbocycles. The van der Waals surface area contributed by atoms with E-state index in [-0.39, 0.29) is 6.61 Å².